The molecule has 0 aliphatic heterocycles. The fourth-order valence-electron chi connectivity index (χ4n) is 0.450. The van der Waals surface area contributed by atoms with Gasteiger partial charge in [0.05, 0.1) is 0 Å². The predicted octanol–water partition coefficient (Wildman–Crippen LogP) is 1.88. The lowest BCUT2D eigenvalue weighted by Crippen LogP contribution is -2.12. The molecular formula is C10H12O2. The lowest BCUT2D eigenvalue weighted by atomic mass is 10.3. The van der Waals surface area contributed by atoms with E-state index in [-0.39, 0.29) is 0 Å². The Morgan fingerprint density at radius 2 is 1.58 bits per heavy atom. The van der Waals surface area contributed by atoms with Crippen molar-refractivity contribution in [3.63, 3.8) is 0 Å². The van der Waals surface area contributed by atoms with E-state index < -0.39 is 6.29 Å². The molecule has 0 radical (unpaired) electrons. The van der Waals surface area contributed by atoms with Gasteiger partial charge in [0.15, 0.2) is 0 Å². The van der Waals surface area contributed by atoms with E-state index in [1.54, 1.807) is 20.8 Å². The highest BCUT2D eigenvalue weighted by atomic mass is 16.7. The summed E-state index contributed by atoms with van der Waals surface area (Å²) in [6.45, 7) is 8.83. The van der Waals surface area contributed by atoms with Crippen molar-refractivity contribution in [2.75, 3.05) is 0 Å². The Labute approximate surface area is 73.6 Å². The van der Waals surface area contributed by atoms with Gasteiger partial charge in [-0.2, -0.15) is 0 Å². The zero-order chi connectivity index (χ0) is 9.40. The summed E-state index contributed by atoms with van der Waals surface area (Å²) in [4.78, 5) is 0. The summed E-state index contributed by atoms with van der Waals surface area (Å²) in [5.74, 6) is 5.18. The van der Waals surface area contributed by atoms with E-state index in [0.717, 1.165) is 5.57 Å². The highest BCUT2D eigenvalue weighted by molar-refractivity contribution is 4.99. The van der Waals surface area contributed by atoms with Crippen LogP contribution in [-0.4, -0.2) is 6.29 Å². The second-order valence-electron chi connectivity index (χ2n) is 2.12. The van der Waals surface area contributed by atoms with E-state index in [2.05, 4.69) is 30.6 Å². The minimum absolute atomic E-state index is 0.551. The Morgan fingerprint density at radius 1 is 1.17 bits per heavy atom. The van der Waals surface area contributed by atoms with Crippen LogP contribution in [0.25, 0.3) is 0 Å². The van der Waals surface area contributed by atoms with E-state index in [1.807, 2.05) is 0 Å². The maximum atomic E-state index is 4.97. The second-order valence-corrected chi connectivity index (χ2v) is 2.12. The molecule has 0 aromatic rings. The Morgan fingerprint density at radius 3 is 1.83 bits per heavy atom. The lowest BCUT2D eigenvalue weighted by molar-refractivity contribution is -0.00860. The van der Waals surface area contributed by atoms with E-state index in [0.29, 0.717) is 0 Å². The van der Waals surface area contributed by atoms with E-state index >= 15 is 0 Å². The maximum absolute atomic E-state index is 4.97. The first-order valence-corrected chi connectivity index (χ1v) is 3.52. The van der Waals surface area contributed by atoms with Crippen molar-refractivity contribution in [3.05, 3.63) is 12.2 Å². The normalized spacial score (nSPS) is 7.33. The van der Waals surface area contributed by atoms with Crippen molar-refractivity contribution >= 4 is 0 Å². The van der Waals surface area contributed by atoms with Crippen LogP contribution in [0, 0.1) is 24.1 Å². The molecule has 0 aliphatic carbocycles. The molecular weight excluding hydrogens is 152 g/mol. The summed E-state index contributed by atoms with van der Waals surface area (Å²) in [5, 5.41) is 0. The zero-order valence-corrected chi connectivity index (χ0v) is 7.60. The van der Waals surface area contributed by atoms with Crippen molar-refractivity contribution in [1.29, 1.82) is 0 Å². The Balaban J connectivity index is 4.07. The lowest BCUT2D eigenvalue weighted by Gasteiger charge is -2.10. The maximum Gasteiger partial charge on any atom is 0.283 e. The van der Waals surface area contributed by atoms with Gasteiger partial charge in [-0.25, -0.2) is 0 Å². The van der Waals surface area contributed by atoms with Crippen LogP contribution in [0.1, 0.15) is 20.8 Å². The van der Waals surface area contributed by atoms with Gasteiger partial charge in [-0.3, -0.25) is 0 Å². The zero-order valence-electron chi connectivity index (χ0n) is 7.60. The van der Waals surface area contributed by atoms with Crippen molar-refractivity contribution < 1.29 is 9.47 Å². The van der Waals surface area contributed by atoms with Gasteiger partial charge in [0.1, 0.15) is 12.2 Å². The average Bonchev–Trinajstić information content (AvgIpc) is 2.04. The van der Waals surface area contributed by atoms with E-state index in [4.69, 9.17) is 9.47 Å². The molecule has 0 unspecified atom stereocenters. The molecule has 0 saturated heterocycles. The molecule has 0 aliphatic rings. The molecule has 64 valence electrons. The van der Waals surface area contributed by atoms with Gasteiger partial charge in [-0.15, -0.1) is 0 Å². The molecule has 0 N–H and O–H groups in total. The first-order chi connectivity index (χ1) is 5.72. The Hall–Kier alpha value is -1.54. The minimum atomic E-state index is -0.551. The number of rotatable bonds is 3. The molecule has 0 aromatic heterocycles. The summed E-state index contributed by atoms with van der Waals surface area (Å²) in [6.07, 6.45) is 4.32. The highest BCUT2D eigenvalue weighted by Crippen LogP contribution is 2.03. The highest BCUT2D eigenvalue weighted by Gasteiger charge is 2.07. The Kier molecular flexibility index (Phi) is 5.39. The van der Waals surface area contributed by atoms with Crippen molar-refractivity contribution in [1.82, 2.24) is 0 Å². The number of hydrogen-bond donors (Lipinski definition) is 0. The SMILES string of the molecule is C=C(C)C(OC#CC)OC#CC. The van der Waals surface area contributed by atoms with Crippen LogP contribution >= 0.6 is 0 Å². The minimum Gasteiger partial charge on any atom is -0.399 e. The van der Waals surface area contributed by atoms with Gasteiger partial charge >= 0.3 is 0 Å². The monoisotopic (exact) mass is 164 g/mol. The molecule has 0 aromatic carbocycles. The summed E-state index contributed by atoms with van der Waals surface area (Å²) < 4.78 is 9.94. The van der Waals surface area contributed by atoms with Gasteiger partial charge in [0.25, 0.3) is 6.29 Å². The molecule has 0 amide bonds. The molecule has 0 fully saturated rings. The smallest absolute Gasteiger partial charge is 0.283 e. The van der Waals surface area contributed by atoms with Crippen molar-refractivity contribution in [2.24, 2.45) is 0 Å². The summed E-state index contributed by atoms with van der Waals surface area (Å²) in [7, 11) is 0. The predicted molar refractivity (Wildman–Crippen MR) is 47.7 cm³/mol. The summed E-state index contributed by atoms with van der Waals surface area (Å²) in [5.41, 5.74) is 0.737. The van der Waals surface area contributed by atoms with Crippen molar-refractivity contribution in [2.45, 2.75) is 27.1 Å². The van der Waals surface area contributed by atoms with Gasteiger partial charge in [-0.1, -0.05) is 18.4 Å². The third kappa shape index (κ3) is 4.30. The Bertz CT molecular complexity index is 235. The van der Waals surface area contributed by atoms with Crippen molar-refractivity contribution in [3.8, 4) is 24.1 Å². The molecule has 2 nitrogen and oxygen atoms in total. The molecule has 0 saturated carbocycles. The van der Waals surface area contributed by atoms with Gasteiger partial charge in [-0.05, 0) is 6.92 Å². The largest absolute Gasteiger partial charge is 0.399 e. The average molecular weight is 164 g/mol. The van der Waals surface area contributed by atoms with Crippen LogP contribution in [0.5, 0.6) is 0 Å². The summed E-state index contributed by atoms with van der Waals surface area (Å²) >= 11 is 0. The van der Waals surface area contributed by atoms with Crippen LogP contribution in [0.3, 0.4) is 0 Å². The quantitative estimate of drug-likeness (QED) is 0.360. The third-order valence-electron chi connectivity index (χ3n) is 0.938. The molecule has 0 heterocycles. The molecule has 12 heavy (non-hydrogen) atoms. The topological polar surface area (TPSA) is 18.5 Å². The molecule has 0 rings (SSSR count). The fraction of sp³-hybridized carbons (Fsp3) is 0.400. The van der Waals surface area contributed by atoms with Gasteiger partial charge in [0.2, 0.25) is 0 Å². The van der Waals surface area contributed by atoms with Crippen LogP contribution in [0.15, 0.2) is 12.2 Å². The van der Waals surface area contributed by atoms with E-state index in [9.17, 15) is 0 Å². The van der Waals surface area contributed by atoms with E-state index in [1.165, 1.54) is 0 Å². The van der Waals surface area contributed by atoms with Crippen LogP contribution < -0.4 is 0 Å². The standard InChI is InChI=1S/C10H12O2/c1-5-7-11-10(9(3)4)12-8-6-2/h10H,3H2,1-2,4H3. The first kappa shape index (κ1) is 10.5. The van der Waals surface area contributed by atoms with Crippen LogP contribution in [0.2, 0.25) is 0 Å². The molecule has 2 heteroatoms. The third-order valence-corrected chi connectivity index (χ3v) is 0.938. The molecule has 0 spiro atoms. The first-order valence-electron chi connectivity index (χ1n) is 3.52. The van der Waals surface area contributed by atoms with Crippen LogP contribution in [-0.2, 0) is 9.47 Å². The van der Waals surface area contributed by atoms with Crippen LogP contribution in [0.4, 0.5) is 0 Å². The van der Waals surface area contributed by atoms with Gasteiger partial charge < -0.3 is 9.47 Å². The second kappa shape index (κ2) is 6.19. The fourth-order valence-corrected chi connectivity index (χ4v) is 0.450. The summed E-state index contributed by atoms with van der Waals surface area (Å²) in [6, 6.07) is 0. The molecule has 0 bridgehead atoms. The number of hydrogen-bond acceptors (Lipinski definition) is 2. The van der Waals surface area contributed by atoms with Gasteiger partial charge in [0, 0.05) is 19.4 Å². The number of ether oxygens (including phenoxy) is 2. The molecule has 0 atom stereocenters.